The van der Waals surface area contributed by atoms with Crippen molar-refractivity contribution in [1.82, 2.24) is 0 Å². The normalized spacial score (nSPS) is 12.1. The molecule has 0 aliphatic carbocycles. The van der Waals surface area contributed by atoms with Crippen LogP contribution < -0.4 is 0 Å². The molecule has 486 valence electrons. The molecule has 8 heteroatoms. The number of Topliss-reactive ketones (excluding diaryl/α,β-unsaturated/α-hetero) is 6. The van der Waals surface area contributed by atoms with Gasteiger partial charge in [0.25, 0.3) is 0 Å². The van der Waals surface area contributed by atoms with Crippen LogP contribution in [0.25, 0.3) is 0 Å². The van der Waals surface area contributed by atoms with Gasteiger partial charge in [0.05, 0.1) is 30.0 Å². The molecule has 3 aromatic rings. The molecule has 3 rings (SSSR count). The number of carbonyl (C=O) groups excluding carboxylic acids is 6. The van der Waals surface area contributed by atoms with Gasteiger partial charge in [-0.1, -0.05) is 369 Å². The number of unbranched alkanes of at least 4 members (excludes halogenated alkanes) is 36. The largest absolute Gasteiger partial charge is 0.299 e. The zero-order valence-corrected chi connectivity index (χ0v) is 56.8. The van der Waals surface area contributed by atoms with Crippen molar-refractivity contribution in [2.75, 3.05) is 0 Å². The van der Waals surface area contributed by atoms with Crippen LogP contribution in [0.2, 0.25) is 0 Å². The molecule has 3 unspecified atom stereocenters. The Labute approximate surface area is 537 Å². The Bertz CT molecular complexity index is 2070. The van der Waals surface area contributed by atoms with Gasteiger partial charge in [0.15, 0.2) is 17.3 Å². The first kappa shape index (κ1) is 80.3. The van der Waals surface area contributed by atoms with Crippen molar-refractivity contribution in [3.63, 3.8) is 0 Å². The Balaban J connectivity index is 0.000000646. The third-order valence-corrected chi connectivity index (χ3v) is 17.8. The van der Waals surface area contributed by atoms with Gasteiger partial charge in [0, 0.05) is 36.0 Å². The van der Waals surface area contributed by atoms with Gasteiger partial charge < -0.3 is 0 Å². The Kier molecular flexibility index (Phi) is 55.0. The molecule has 0 saturated carbocycles. The molecule has 86 heavy (non-hydrogen) atoms. The molecule has 3 atom stereocenters. The van der Waals surface area contributed by atoms with Crippen LogP contribution >= 0.6 is 23.2 Å². The fourth-order valence-corrected chi connectivity index (χ4v) is 11.7. The summed E-state index contributed by atoms with van der Waals surface area (Å²) in [4.78, 5) is 72.4. The van der Waals surface area contributed by atoms with Crippen LogP contribution in [0.4, 0.5) is 0 Å². The molecule has 0 amide bonds. The summed E-state index contributed by atoms with van der Waals surface area (Å²) >= 11 is 12.7. The van der Waals surface area contributed by atoms with E-state index in [9.17, 15) is 28.8 Å². The molecule has 0 N–H and O–H groups in total. The predicted octanol–water partition coefficient (Wildman–Crippen LogP) is 24.6. The summed E-state index contributed by atoms with van der Waals surface area (Å²) in [6.45, 7) is 8.94. The predicted molar refractivity (Wildman–Crippen MR) is 370 cm³/mol. The van der Waals surface area contributed by atoms with Gasteiger partial charge in [-0.05, 0) is 18.8 Å². The lowest BCUT2D eigenvalue weighted by Gasteiger charge is -2.15. The fraction of sp³-hybridized carbons (Fsp3) is 0.692. The van der Waals surface area contributed by atoms with Crippen molar-refractivity contribution < 1.29 is 28.8 Å². The number of ketones is 6. The van der Waals surface area contributed by atoms with Crippen molar-refractivity contribution >= 4 is 57.9 Å². The van der Waals surface area contributed by atoms with Crippen molar-refractivity contribution in [3.8, 4) is 0 Å². The van der Waals surface area contributed by atoms with E-state index in [1.54, 1.807) is 48.5 Å². The lowest BCUT2D eigenvalue weighted by atomic mass is 9.94. The van der Waals surface area contributed by atoms with E-state index in [0.29, 0.717) is 35.4 Å². The number of alkyl halides is 2. The summed E-state index contributed by atoms with van der Waals surface area (Å²) in [5.41, 5.74) is 1.85. The third-order valence-electron chi connectivity index (χ3n) is 16.7. The zero-order chi connectivity index (χ0) is 62.8. The van der Waals surface area contributed by atoms with E-state index in [0.717, 1.165) is 32.1 Å². The highest BCUT2D eigenvalue weighted by molar-refractivity contribution is 6.31. The standard InChI is InChI=1S/C27H44O2.C26H40Cl2O2.C25H40O2/c1-3-4-5-6-7-8-9-10-11-12-13-14-16-19-24(2)22-26(28)23-27(29)25-20-17-15-18-21-25;1-2-3-4-5-6-7-8-9-10-11-12-16-19-24(27)25(28)20-23(29)21-26(30)22-17-14-13-15-18-22;1-2-3-4-5-6-7-8-9-10-11-12-13-14-18-21-24(26)22-25(27)23-19-16-15-17-20-23/h15,17-18,20-21,24H,3-14,16,19,22-23H2,1-2H3;13-15,17-18,24-25H,2-12,16,19-21H2,1H3;15-17,19-20H,2-14,18,21-22H2,1H3. The van der Waals surface area contributed by atoms with Gasteiger partial charge in [0.1, 0.15) is 17.3 Å². The van der Waals surface area contributed by atoms with E-state index in [-0.39, 0.29) is 65.8 Å². The lowest BCUT2D eigenvalue weighted by Crippen LogP contribution is -2.20. The SMILES string of the molecule is CCCCCCCCCCCCCCC(Cl)C(Cl)CC(=O)CC(=O)c1ccccc1.CCCCCCCCCCCCCCCC(C)CC(=O)CC(=O)c1ccccc1.CCCCCCCCCCCCCCCCC(=O)CC(=O)c1ccccc1. The number of hydrogen-bond acceptors (Lipinski definition) is 6. The van der Waals surface area contributed by atoms with Gasteiger partial charge >= 0.3 is 0 Å². The number of rotatable bonds is 56. The maximum Gasteiger partial charge on any atom is 0.170 e. The highest BCUT2D eigenvalue weighted by Crippen LogP contribution is 2.23. The van der Waals surface area contributed by atoms with Crippen LogP contribution in [0, 0.1) is 5.92 Å². The minimum absolute atomic E-state index is 0.0486. The summed E-state index contributed by atoms with van der Waals surface area (Å²) in [5.74, 6) is 0.165. The highest BCUT2D eigenvalue weighted by Gasteiger charge is 2.22. The van der Waals surface area contributed by atoms with Crippen molar-refractivity contribution in [2.45, 2.75) is 340 Å². The lowest BCUT2D eigenvalue weighted by molar-refractivity contribution is -0.119. The third kappa shape index (κ3) is 49.2. The van der Waals surface area contributed by atoms with Crippen molar-refractivity contribution in [2.24, 2.45) is 5.92 Å². The smallest absolute Gasteiger partial charge is 0.170 e. The number of carbonyl (C=O) groups is 6. The Morgan fingerprint density at radius 1 is 0.291 bits per heavy atom. The number of hydrogen-bond donors (Lipinski definition) is 0. The monoisotopic (exact) mass is 1230 g/mol. The molecular weight excluding hydrogens is 1100 g/mol. The molecule has 6 nitrogen and oxygen atoms in total. The summed E-state index contributed by atoms with van der Waals surface area (Å²) in [5, 5.41) is -0.624. The number of benzene rings is 3. The van der Waals surface area contributed by atoms with Crippen LogP contribution in [0.15, 0.2) is 91.0 Å². The zero-order valence-electron chi connectivity index (χ0n) is 55.3. The minimum Gasteiger partial charge on any atom is -0.299 e. The van der Waals surface area contributed by atoms with Crippen molar-refractivity contribution in [1.29, 1.82) is 0 Å². The molecule has 0 aromatic heterocycles. The molecule has 0 heterocycles. The van der Waals surface area contributed by atoms with Crippen LogP contribution in [-0.2, 0) is 14.4 Å². The molecule has 0 spiro atoms. The Morgan fingerprint density at radius 2 is 0.535 bits per heavy atom. The molecule has 0 aliphatic rings. The van der Waals surface area contributed by atoms with Crippen LogP contribution in [-0.4, -0.2) is 45.5 Å². The van der Waals surface area contributed by atoms with E-state index < -0.39 is 5.38 Å². The molecule has 0 saturated heterocycles. The van der Waals surface area contributed by atoms with Crippen molar-refractivity contribution in [3.05, 3.63) is 108 Å². The van der Waals surface area contributed by atoms with E-state index in [4.69, 9.17) is 23.2 Å². The van der Waals surface area contributed by atoms with E-state index >= 15 is 0 Å². The summed E-state index contributed by atoms with van der Waals surface area (Å²) < 4.78 is 0. The Morgan fingerprint density at radius 3 is 0.837 bits per heavy atom. The summed E-state index contributed by atoms with van der Waals surface area (Å²) in [7, 11) is 0. The first-order chi connectivity index (χ1) is 41.9. The highest BCUT2D eigenvalue weighted by atomic mass is 35.5. The van der Waals surface area contributed by atoms with Gasteiger partial charge in [-0.3, -0.25) is 28.8 Å². The second-order valence-electron chi connectivity index (χ2n) is 25.1. The summed E-state index contributed by atoms with van der Waals surface area (Å²) in [6.07, 6.45) is 55.1. The molecular formula is C78H124Cl2O6. The van der Waals surface area contributed by atoms with Gasteiger partial charge in [-0.15, -0.1) is 23.2 Å². The Hall–Kier alpha value is -3.74. The van der Waals surface area contributed by atoms with E-state index in [1.165, 1.54) is 231 Å². The van der Waals surface area contributed by atoms with Gasteiger partial charge in [0.2, 0.25) is 0 Å². The second kappa shape index (κ2) is 58.9. The van der Waals surface area contributed by atoms with Crippen LogP contribution in [0.1, 0.15) is 361 Å². The van der Waals surface area contributed by atoms with Gasteiger partial charge in [-0.2, -0.15) is 0 Å². The quantitative estimate of drug-likeness (QED) is 0.0241. The molecule has 0 aliphatic heterocycles. The topological polar surface area (TPSA) is 102 Å². The van der Waals surface area contributed by atoms with E-state index in [2.05, 4.69) is 27.7 Å². The molecule has 3 aromatic carbocycles. The number of halogens is 2. The first-order valence-electron chi connectivity index (χ1n) is 35.5. The average Bonchev–Trinajstić information content (AvgIpc) is 3.69. The average molecular weight is 1230 g/mol. The molecule has 0 fully saturated rings. The second-order valence-corrected chi connectivity index (χ2v) is 26.2. The maximum absolute atomic E-state index is 12.2. The maximum atomic E-state index is 12.2. The molecule has 0 radical (unpaired) electrons. The van der Waals surface area contributed by atoms with Crippen LogP contribution in [0.5, 0.6) is 0 Å². The first-order valence-corrected chi connectivity index (χ1v) is 36.4. The minimum atomic E-state index is -0.407. The van der Waals surface area contributed by atoms with Crippen LogP contribution in [0.3, 0.4) is 0 Å². The van der Waals surface area contributed by atoms with Gasteiger partial charge in [-0.25, -0.2) is 0 Å². The fourth-order valence-electron chi connectivity index (χ4n) is 11.2. The van der Waals surface area contributed by atoms with E-state index in [1.807, 2.05) is 42.5 Å². The summed E-state index contributed by atoms with van der Waals surface area (Å²) in [6, 6.07) is 27.2. The molecule has 0 bridgehead atoms.